The van der Waals surface area contributed by atoms with E-state index in [4.69, 9.17) is 11.6 Å². The van der Waals surface area contributed by atoms with Crippen LogP contribution >= 0.6 is 11.6 Å². The van der Waals surface area contributed by atoms with Gasteiger partial charge in [-0.2, -0.15) is 4.31 Å². The Balaban J connectivity index is 3.12. The lowest BCUT2D eigenvalue weighted by Gasteiger charge is -2.18. The van der Waals surface area contributed by atoms with Gasteiger partial charge in [0.25, 0.3) is 5.24 Å². The molecule has 0 aromatic heterocycles. The van der Waals surface area contributed by atoms with E-state index in [2.05, 4.69) is 0 Å². The van der Waals surface area contributed by atoms with Gasteiger partial charge in [-0.1, -0.05) is 13.8 Å². The van der Waals surface area contributed by atoms with E-state index in [9.17, 15) is 13.2 Å². The van der Waals surface area contributed by atoms with Crippen LogP contribution in [0.5, 0.6) is 0 Å². The lowest BCUT2D eigenvalue weighted by atomic mass is 10.2. The van der Waals surface area contributed by atoms with Gasteiger partial charge in [0.1, 0.15) is 0 Å². The largest absolute Gasteiger partial charge is 0.276 e. The van der Waals surface area contributed by atoms with E-state index in [-0.39, 0.29) is 10.5 Å². The van der Waals surface area contributed by atoms with E-state index >= 15 is 0 Å². The fourth-order valence-corrected chi connectivity index (χ4v) is 3.05. The minimum atomic E-state index is -3.46. The summed E-state index contributed by atoms with van der Waals surface area (Å²) in [5, 5.41) is -0.600. The molecule has 0 bridgehead atoms. The predicted molar refractivity (Wildman–Crippen MR) is 66.7 cm³/mol. The average molecular weight is 276 g/mol. The molecule has 6 heteroatoms. The Morgan fingerprint density at radius 2 is 1.65 bits per heavy atom. The summed E-state index contributed by atoms with van der Waals surface area (Å²) in [5.41, 5.74) is 0.283. The Labute approximate surface area is 106 Å². The molecule has 4 nitrogen and oxygen atoms in total. The van der Waals surface area contributed by atoms with Crippen molar-refractivity contribution in [2.24, 2.45) is 0 Å². The zero-order valence-electron chi connectivity index (χ0n) is 9.68. The van der Waals surface area contributed by atoms with Crippen LogP contribution in [0.25, 0.3) is 0 Å². The smallest absolute Gasteiger partial charge is 0.252 e. The quantitative estimate of drug-likeness (QED) is 0.773. The van der Waals surface area contributed by atoms with E-state index < -0.39 is 15.3 Å². The first-order chi connectivity index (χ1) is 7.93. The van der Waals surface area contributed by atoms with E-state index in [0.717, 1.165) is 0 Å². The third-order valence-corrected chi connectivity index (χ3v) is 4.71. The lowest BCUT2D eigenvalue weighted by Crippen LogP contribution is -2.30. The van der Waals surface area contributed by atoms with Crippen LogP contribution in [0.3, 0.4) is 0 Å². The zero-order valence-corrected chi connectivity index (χ0v) is 11.3. The lowest BCUT2D eigenvalue weighted by molar-refractivity contribution is 0.108. The monoisotopic (exact) mass is 275 g/mol. The molecule has 94 valence electrons. The standard InChI is InChI=1S/C11H14ClNO3S/c1-3-13(4-2)17(15,16)10-7-5-9(6-8-10)11(12)14/h5-8H,3-4H2,1-2H3. The van der Waals surface area contributed by atoms with Gasteiger partial charge in [-0.15, -0.1) is 0 Å². The van der Waals surface area contributed by atoms with Crippen LogP contribution in [0.1, 0.15) is 24.2 Å². The summed E-state index contributed by atoms with van der Waals surface area (Å²) in [7, 11) is -3.46. The molecule has 1 rings (SSSR count). The van der Waals surface area contributed by atoms with Crippen molar-refractivity contribution in [3.63, 3.8) is 0 Å². The number of rotatable bonds is 5. The topological polar surface area (TPSA) is 54.5 Å². The van der Waals surface area contributed by atoms with Gasteiger partial charge in [0.15, 0.2) is 0 Å². The molecule has 0 radical (unpaired) electrons. The van der Waals surface area contributed by atoms with Crippen LogP contribution in [-0.4, -0.2) is 31.1 Å². The molecule has 1 aromatic carbocycles. The summed E-state index contributed by atoms with van der Waals surface area (Å²) in [6, 6.07) is 5.60. The second-order valence-corrected chi connectivity index (χ2v) is 5.67. The van der Waals surface area contributed by atoms with Crippen molar-refractivity contribution in [2.75, 3.05) is 13.1 Å². The van der Waals surface area contributed by atoms with Crippen molar-refractivity contribution >= 4 is 26.9 Å². The van der Waals surface area contributed by atoms with Gasteiger partial charge >= 0.3 is 0 Å². The molecule has 0 aliphatic carbocycles. The van der Waals surface area contributed by atoms with Crippen LogP contribution in [0, 0.1) is 0 Å². The van der Waals surface area contributed by atoms with E-state index in [1.54, 1.807) is 13.8 Å². The first kappa shape index (κ1) is 14.2. The van der Waals surface area contributed by atoms with Crippen molar-refractivity contribution in [3.05, 3.63) is 29.8 Å². The normalized spacial score (nSPS) is 11.8. The van der Waals surface area contributed by atoms with Crippen molar-refractivity contribution in [3.8, 4) is 0 Å². The number of hydrogen-bond donors (Lipinski definition) is 0. The Morgan fingerprint density at radius 1 is 1.18 bits per heavy atom. The van der Waals surface area contributed by atoms with Gasteiger partial charge in [0, 0.05) is 18.7 Å². The molecular weight excluding hydrogens is 262 g/mol. The van der Waals surface area contributed by atoms with E-state index in [1.807, 2.05) is 0 Å². The average Bonchev–Trinajstić information content (AvgIpc) is 2.30. The predicted octanol–water partition coefficient (Wildman–Crippen LogP) is 2.10. The second-order valence-electron chi connectivity index (χ2n) is 3.39. The van der Waals surface area contributed by atoms with Crippen LogP contribution in [-0.2, 0) is 10.0 Å². The van der Waals surface area contributed by atoms with Crippen molar-refractivity contribution in [2.45, 2.75) is 18.7 Å². The van der Waals surface area contributed by atoms with Crippen LogP contribution in [0.2, 0.25) is 0 Å². The van der Waals surface area contributed by atoms with Gasteiger partial charge in [0.2, 0.25) is 10.0 Å². The highest BCUT2D eigenvalue weighted by molar-refractivity contribution is 7.89. The molecule has 0 spiro atoms. The molecular formula is C11H14ClNO3S. The molecule has 0 amide bonds. The number of sulfonamides is 1. The maximum atomic E-state index is 12.1. The van der Waals surface area contributed by atoms with Gasteiger partial charge in [-0.3, -0.25) is 4.79 Å². The first-order valence-electron chi connectivity index (χ1n) is 5.23. The second kappa shape index (κ2) is 5.62. The number of carbonyl (C=O) groups excluding carboxylic acids is 1. The molecule has 0 N–H and O–H groups in total. The molecule has 0 atom stereocenters. The third kappa shape index (κ3) is 3.06. The van der Waals surface area contributed by atoms with Gasteiger partial charge in [-0.05, 0) is 35.9 Å². The molecule has 1 aromatic rings. The number of carbonyl (C=O) groups is 1. The molecule has 0 fully saturated rings. The SMILES string of the molecule is CCN(CC)S(=O)(=O)c1ccc(C(=O)Cl)cc1. The summed E-state index contributed by atoms with van der Waals surface area (Å²) >= 11 is 5.29. The minimum absolute atomic E-state index is 0.169. The van der Waals surface area contributed by atoms with Gasteiger partial charge < -0.3 is 0 Å². The first-order valence-corrected chi connectivity index (χ1v) is 7.05. The molecule has 0 unspecified atom stereocenters. The molecule has 0 heterocycles. The fraction of sp³-hybridized carbons (Fsp3) is 0.364. The zero-order chi connectivity index (χ0) is 13.1. The molecule has 0 aliphatic heterocycles. The fourth-order valence-electron chi connectivity index (χ4n) is 1.47. The third-order valence-electron chi connectivity index (χ3n) is 2.42. The van der Waals surface area contributed by atoms with Gasteiger partial charge in [0.05, 0.1) is 4.90 Å². The van der Waals surface area contributed by atoms with Gasteiger partial charge in [-0.25, -0.2) is 8.42 Å². The number of halogens is 1. The van der Waals surface area contributed by atoms with Crippen LogP contribution in [0.15, 0.2) is 29.2 Å². The van der Waals surface area contributed by atoms with Crippen molar-refractivity contribution in [1.82, 2.24) is 4.31 Å². The number of benzene rings is 1. The molecule has 0 saturated carbocycles. The van der Waals surface area contributed by atoms with Crippen molar-refractivity contribution < 1.29 is 13.2 Å². The highest BCUT2D eigenvalue weighted by Gasteiger charge is 2.21. The highest BCUT2D eigenvalue weighted by Crippen LogP contribution is 2.16. The summed E-state index contributed by atoms with van der Waals surface area (Å²) in [6.45, 7) is 4.37. The molecule has 0 aliphatic rings. The number of hydrogen-bond acceptors (Lipinski definition) is 3. The Hall–Kier alpha value is -0.910. The minimum Gasteiger partial charge on any atom is -0.276 e. The van der Waals surface area contributed by atoms with E-state index in [1.165, 1.54) is 28.6 Å². The van der Waals surface area contributed by atoms with Crippen LogP contribution < -0.4 is 0 Å². The summed E-state index contributed by atoms with van der Waals surface area (Å²) in [5.74, 6) is 0. The Morgan fingerprint density at radius 3 is 2.00 bits per heavy atom. The Kier molecular flexibility index (Phi) is 4.68. The molecule has 17 heavy (non-hydrogen) atoms. The Bertz CT molecular complexity index is 492. The maximum absolute atomic E-state index is 12.1. The highest BCUT2D eigenvalue weighted by atomic mass is 35.5. The number of nitrogens with zero attached hydrogens (tertiary/aromatic N) is 1. The van der Waals surface area contributed by atoms with Crippen LogP contribution in [0.4, 0.5) is 0 Å². The molecule has 0 saturated heterocycles. The van der Waals surface area contributed by atoms with Crippen molar-refractivity contribution in [1.29, 1.82) is 0 Å². The van der Waals surface area contributed by atoms with E-state index in [0.29, 0.717) is 13.1 Å². The maximum Gasteiger partial charge on any atom is 0.252 e. The summed E-state index contributed by atoms with van der Waals surface area (Å²) < 4.78 is 25.5. The summed E-state index contributed by atoms with van der Waals surface area (Å²) in [6.07, 6.45) is 0. The summed E-state index contributed by atoms with van der Waals surface area (Å²) in [4.78, 5) is 11.0.